The lowest BCUT2D eigenvalue weighted by Crippen LogP contribution is -2.31. The Hall–Kier alpha value is -2.57. The second-order valence-electron chi connectivity index (χ2n) is 4.26. The molecule has 1 aromatic carbocycles. The van der Waals surface area contributed by atoms with Crippen molar-refractivity contribution in [2.45, 2.75) is 19.3 Å². The summed E-state index contributed by atoms with van der Waals surface area (Å²) in [5.41, 5.74) is 1.29. The number of hydrogen-bond acceptors (Lipinski definition) is 4. The van der Waals surface area contributed by atoms with Crippen LogP contribution in [0.25, 0.3) is 0 Å². The maximum absolute atomic E-state index is 11.7. The van der Waals surface area contributed by atoms with Gasteiger partial charge in [0.05, 0.1) is 13.5 Å². The smallest absolute Gasteiger partial charge is 0.319 e. The lowest BCUT2D eigenvalue weighted by molar-refractivity contribution is -0.140. The molecule has 0 bridgehead atoms. The molecule has 0 aliphatic carbocycles. The van der Waals surface area contributed by atoms with E-state index in [1.165, 1.54) is 7.11 Å². The molecule has 0 atom stereocenters. The van der Waals surface area contributed by atoms with Crippen molar-refractivity contribution in [3.05, 3.63) is 29.8 Å². The molecule has 0 fully saturated rings. The van der Waals surface area contributed by atoms with Gasteiger partial charge in [-0.2, -0.15) is 0 Å². The van der Waals surface area contributed by atoms with Crippen LogP contribution < -0.4 is 10.6 Å². The van der Waals surface area contributed by atoms with E-state index in [0.717, 1.165) is 5.56 Å². The highest BCUT2D eigenvalue weighted by molar-refractivity contribution is 5.90. The van der Waals surface area contributed by atoms with Crippen LogP contribution in [0.5, 0.6) is 0 Å². The number of para-hydroxylation sites is 1. The number of rotatable bonds is 7. The molecule has 21 heavy (non-hydrogen) atoms. The summed E-state index contributed by atoms with van der Waals surface area (Å²) in [5.74, 6) is -1.30. The number of amides is 2. The molecule has 0 aliphatic heterocycles. The van der Waals surface area contributed by atoms with Crippen LogP contribution in [-0.2, 0) is 20.7 Å². The number of carbonyl (C=O) groups excluding carboxylic acids is 2. The number of esters is 1. The predicted molar refractivity (Wildman–Crippen MR) is 76.1 cm³/mol. The Morgan fingerprint density at radius 3 is 2.57 bits per heavy atom. The van der Waals surface area contributed by atoms with E-state index in [4.69, 9.17) is 5.11 Å². The number of nitrogens with one attached hydrogen (secondary N) is 2. The normalized spacial score (nSPS) is 9.76. The molecule has 0 aromatic heterocycles. The first-order chi connectivity index (χ1) is 10.0. The number of urea groups is 1. The number of hydrogen-bond donors (Lipinski definition) is 3. The molecule has 0 unspecified atom stereocenters. The molecule has 7 heteroatoms. The van der Waals surface area contributed by atoms with Crippen molar-refractivity contribution in [1.82, 2.24) is 5.32 Å². The molecule has 0 spiro atoms. The molecule has 0 saturated heterocycles. The van der Waals surface area contributed by atoms with Crippen LogP contribution >= 0.6 is 0 Å². The number of methoxy groups -OCH3 is 1. The van der Waals surface area contributed by atoms with E-state index < -0.39 is 18.0 Å². The minimum Gasteiger partial charge on any atom is -0.481 e. The summed E-state index contributed by atoms with van der Waals surface area (Å²) < 4.78 is 4.46. The van der Waals surface area contributed by atoms with E-state index in [9.17, 15) is 14.4 Å². The average Bonchev–Trinajstić information content (AvgIpc) is 2.46. The number of carboxylic acid groups (broad SMARTS) is 1. The molecular formula is C14H18N2O5. The average molecular weight is 294 g/mol. The minimum atomic E-state index is -0.896. The first kappa shape index (κ1) is 16.5. The summed E-state index contributed by atoms with van der Waals surface area (Å²) in [4.78, 5) is 33.2. The molecule has 0 heterocycles. The van der Waals surface area contributed by atoms with Gasteiger partial charge in [0.25, 0.3) is 0 Å². The Morgan fingerprint density at radius 1 is 1.19 bits per heavy atom. The van der Waals surface area contributed by atoms with Crippen LogP contribution in [0.4, 0.5) is 10.5 Å². The molecule has 2 amide bonds. The van der Waals surface area contributed by atoms with Crippen LogP contribution in [0, 0.1) is 0 Å². The highest BCUT2D eigenvalue weighted by Gasteiger charge is 2.08. The molecule has 0 saturated carbocycles. The van der Waals surface area contributed by atoms with Crippen LogP contribution in [0.1, 0.15) is 18.4 Å². The number of ether oxygens (including phenoxy) is 1. The fourth-order valence-electron chi connectivity index (χ4n) is 1.65. The van der Waals surface area contributed by atoms with Gasteiger partial charge in [-0.25, -0.2) is 4.79 Å². The van der Waals surface area contributed by atoms with Gasteiger partial charge in [0.1, 0.15) is 0 Å². The maximum Gasteiger partial charge on any atom is 0.319 e. The van der Waals surface area contributed by atoms with E-state index in [1.807, 2.05) is 0 Å². The molecule has 7 nitrogen and oxygen atoms in total. The van der Waals surface area contributed by atoms with E-state index in [2.05, 4.69) is 15.4 Å². The summed E-state index contributed by atoms with van der Waals surface area (Å²) in [6, 6.07) is 6.51. The zero-order valence-electron chi connectivity index (χ0n) is 11.7. The Morgan fingerprint density at radius 2 is 1.90 bits per heavy atom. The Kier molecular flexibility index (Phi) is 6.73. The highest BCUT2D eigenvalue weighted by atomic mass is 16.5. The van der Waals surface area contributed by atoms with Gasteiger partial charge in [0.2, 0.25) is 0 Å². The largest absolute Gasteiger partial charge is 0.481 e. The summed E-state index contributed by atoms with van der Waals surface area (Å²) in [6.07, 6.45) is 0.404. The third-order valence-corrected chi connectivity index (χ3v) is 2.72. The number of carbonyl (C=O) groups is 3. The zero-order chi connectivity index (χ0) is 15.7. The fourth-order valence-corrected chi connectivity index (χ4v) is 1.65. The van der Waals surface area contributed by atoms with Gasteiger partial charge in [0, 0.05) is 18.7 Å². The lowest BCUT2D eigenvalue weighted by Gasteiger charge is -2.11. The molecule has 0 radical (unpaired) electrons. The number of anilines is 1. The van der Waals surface area contributed by atoms with Crippen molar-refractivity contribution in [3.63, 3.8) is 0 Å². The van der Waals surface area contributed by atoms with Gasteiger partial charge >= 0.3 is 18.0 Å². The second kappa shape index (κ2) is 8.57. The number of aryl methyl sites for hydroxylation is 1. The van der Waals surface area contributed by atoms with Crippen molar-refractivity contribution in [1.29, 1.82) is 0 Å². The molecule has 1 aromatic rings. The molecule has 1 rings (SSSR count). The SMILES string of the molecule is COC(=O)CCNC(=O)Nc1ccccc1CCC(=O)O. The Labute approximate surface area is 122 Å². The van der Waals surface area contributed by atoms with Crippen molar-refractivity contribution >= 4 is 23.7 Å². The molecule has 114 valence electrons. The molecular weight excluding hydrogens is 276 g/mol. The van der Waals surface area contributed by atoms with Crippen LogP contribution in [-0.4, -0.2) is 36.7 Å². The van der Waals surface area contributed by atoms with Gasteiger partial charge in [-0.1, -0.05) is 18.2 Å². The van der Waals surface area contributed by atoms with Gasteiger partial charge in [-0.15, -0.1) is 0 Å². The van der Waals surface area contributed by atoms with Gasteiger partial charge in [-0.3, -0.25) is 9.59 Å². The zero-order valence-corrected chi connectivity index (χ0v) is 11.7. The maximum atomic E-state index is 11.7. The summed E-state index contributed by atoms with van der Waals surface area (Å²) >= 11 is 0. The molecule has 3 N–H and O–H groups in total. The van der Waals surface area contributed by atoms with Gasteiger partial charge < -0.3 is 20.5 Å². The predicted octanol–water partition coefficient (Wildman–Crippen LogP) is 1.39. The van der Waals surface area contributed by atoms with E-state index in [0.29, 0.717) is 12.1 Å². The second-order valence-corrected chi connectivity index (χ2v) is 4.26. The van der Waals surface area contributed by atoms with Crippen LogP contribution in [0.2, 0.25) is 0 Å². The summed E-state index contributed by atoms with van der Waals surface area (Å²) in [7, 11) is 1.28. The summed E-state index contributed by atoms with van der Waals surface area (Å²) in [6.45, 7) is 0.162. The number of carboxylic acids is 1. The minimum absolute atomic E-state index is 0.0113. The van der Waals surface area contributed by atoms with E-state index in [1.54, 1.807) is 24.3 Å². The summed E-state index contributed by atoms with van der Waals surface area (Å²) in [5, 5.41) is 13.8. The Balaban J connectivity index is 2.51. The van der Waals surface area contributed by atoms with E-state index in [-0.39, 0.29) is 19.4 Å². The third-order valence-electron chi connectivity index (χ3n) is 2.72. The third kappa shape index (κ3) is 6.42. The first-order valence-corrected chi connectivity index (χ1v) is 6.44. The van der Waals surface area contributed by atoms with Gasteiger partial charge in [0.15, 0.2) is 0 Å². The standard InChI is InChI=1S/C14H18N2O5/c1-21-13(19)8-9-15-14(20)16-11-5-3-2-4-10(11)6-7-12(17)18/h2-5H,6-9H2,1H3,(H,17,18)(H2,15,16,20). The number of benzene rings is 1. The van der Waals surface area contributed by atoms with Crippen molar-refractivity contribution in [3.8, 4) is 0 Å². The molecule has 0 aliphatic rings. The van der Waals surface area contributed by atoms with Crippen molar-refractivity contribution in [2.75, 3.05) is 19.0 Å². The quantitative estimate of drug-likeness (QED) is 0.659. The number of aliphatic carboxylic acids is 1. The van der Waals surface area contributed by atoms with Crippen molar-refractivity contribution < 1.29 is 24.2 Å². The van der Waals surface area contributed by atoms with Crippen molar-refractivity contribution in [2.24, 2.45) is 0 Å². The van der Waals surface area contributed by atoms with Gasteiger partial charge in [-0.05, 0) is 18.1 Å². The van der Waals surface area contributed by atoms with Crippen LogP contribution in [0.3, 0.4) is 0 Å². The van der Waals surface area contributed by atoms with E-state index >= 15 is 0 Å². The first-order valence-electron chi connectivity index (χ1n) is 6.44. The van der Waals surface area contributed by atoms with Crippen LogP contribution in [0.15, 0.2) is 24.3 Å². The Bertz CT molecular complexity index is 516. The highest BCUT2D eigenvalue weighted by Crippen LogP contribution is 2.16. The lowest BCUT2D eigenvalue weighted by atomic mass is 10.1. The topological polar surface area (TPSA) is 105 Å². The monoisotopic (exact) mass is 294 g/mol. The fraction of sp³-hybridized carbons (Fsp3) is 0.357.